The lowest BCUT2D eigenvalue weighted by molar-refractivity contribution is 0.168. The lowest BCUT2D eigenvalue weighted by Gasteiger charge is -2.33. The van der Waals surface area contributed by atoms with Crippen molar-refractivity contribution in [2.75, 3.05) is 26.2 Å². The Bertz CT molecular complexity index is 980. The van der Waals surface area contributed by atoms with Gasteiger partial charge in [-0.05, 0) is 12.1 Å². The molecule has 3 aromatic rings. The second kappa shape index (κ2) is 7.64. The summed E-state index contributed by atoms with van der Waals surface area (Å²) in [5.74, 6) is 1.39. The standard InChI is InChI=1S/C20H21N3O3S/c24-27(25,18-9-5-2-6-10-18)23-13-11-22(12-14-23)16-20-21-15-19(26-20)17-7-3-1-4-8-17/h1-10,15H,11-14,16H2. The summed E-state index contributed by atoms with van der Waals surface area (Å²) in [4.78, 5) is 6.87. The number of oxazole rings is 1. The molecule has 1 saturated heterocycles. The number of nitrogens with zero attached hydrogens (tertiary/aromatic N) is 3. The zero-order valence-electron chi connectivity index (χ0n) is 14.9. The summed E-state index contributed by atoms with van der Waals surface area (Å²) in [6, 6.07) is 18.4. The number of hydrogen-bond acceptors (Lipinski definition) is 5. The van der Waals surface area contributed by atoms with Crippen LogP contribution in [-0.2, 0) is 16.6 Å². The monoisotopic (exact) mass is 383 g/mol. The zero-order chi connectivity index (χ0) is 18.7. The average molecular weight is 383 g/mol. The molecule has 0 unspecified atom stereocenters. The summed E-state index contributed by atoms with van der Waals surface area (Å²) in [5.41, 5.74) is 0.995. The summed E-state index contributed by atoms with van der Waals surface area (Å²) in [5, 5.41) is 0. The van der Waals surface area contributed by atoms with Crippen molar-refractivity contribution in [2.24, 2.45) is 0 Å². The van der Waals surface area contributed by atoms with Crippen molar-refractivity contribution in [3.05, 3.63) is 72.8 Å². The van der Waals surface area contributed by atoms with Crippen molar-refractivity contribution in [1.82, 2.24) is 14.2 Å². The molecule has 0 saturated carbocycles. The molecule has 1 aliphatic heterocycles. The average Bonchev–Trinajstić information content (AvgIpc) is 3.18. The maximum absolute atomic E-state index is 12.7. The Morgan fingerprint density at radius 1 is 0.889 bits per heavy atom. The predicted octanol–water partition coefficient (Wildman–Crippen LogP) is 2.85. The summed E-state index contributed by atoms with van der Waals surface area (Å²) < 4.78 is 32.8. The molecular formula is C20H21N3O3S. The van der Waals surface area contributed by atoms with Crippen LogP contribution in [0.3, 0.4) is 0 Å². The third kappa shape index (κ3) is 3.95. The van der Waals surface area contributed by atoms with E-state index in [0.29, 0.717) is 43.5 Å². The van der Waals surface area contributed by atoms with Gasteiger partial charge in [-0.3, -0.25) is 4.90 Å². The second-order valence-electron chi connectivity index (χ2n) is 6.48. The fourth-order valence-electron chi connectivity index (χ4n) is 3.18. The van der Waals surface area contributed by atoms with E-state index in [2.05, 4.69) is 9.88 Å². The lowest BCUT2D eigenvalue weighted by atomic mass is 10.2. The second-order valence-corrected chi connectivity index (χ2v) is 8.42. The molecular weight excluding hydrogens is 362 g/mol. The van der Waals surface area contributed by atoms with Gasteiger partial charge in [0.15, 0.2) is 5.76 Å². The van der Waals surface area contributed by atoms with Crippen molar-refractivity contribution in [1.29, 1.82) is 0 Å². The number of aromatic nitrogens is 1. The Balaban J connectivity index is 1.37. The van der Waals surface area contributed by atoms with Gasteiger partial charge in [0.2, 0.25) is 15.9 Å². The van der Waals surface area contributed by atoms with E-state index in [1.165, 1.54) is 0 Å². The SMILES string of the molecule is O=S(=O)(c1ccccc1)N1CCN(Cc2ncc(-c3ccccc3)o2)CC1. The molecule has 4 rings (SSSR count). The van der Waals surface area contributed by atoms with Gasteiger partial charge < -0.3 is 4.42 Å². The molecule has 0 aliphatic carbocycles. The van der Waals surface area contributed by atoms with Crippen molar-refractivity contribution >= 4 is 10.0 Å². The quantitative estimate of drug-likeness (QED) is 0.678. The fourth-order valence-corrected chi connectivity index (χ4v) is 4.62. The van der Waals surface area contributed by atoms with Gasteiger partial charge in [0.25, 0.3) is 0 Å². The molecule has 2 heterocycles. The summed E-state index contributed by atoms with van der Waals surface area (Å²) in [6.07, 6.45) is 1.74. The Morgan fingerprint density at radius 2 is 1.52 bits per heavy atom. The van der Waals surface area contributed by atoms with Gasteiger partial charge in [-0.25, -0.2) is 13.4 Å². The van der Waals surface area contributed by atoms with E-state index in [1.54, 1.807) is 34.8 Å². The van der Waals surface area contributed by atoms with Crippen molar-refractivity contribution < 1.29 is 12.8 Å². The van der Waals surface area contributed by atoms with E-state index in [0.717, 1.165) is 11.3 Å². The topological polar surface area (TPSA) is 66.7 Å². The molecule has 0 atom stereocenters. The highest BCUT2D eigenvalue weighted by Gasteiger charge is 2.28. The van der Waals surface area contributed by atoms with Crippen LogP contribution < -0.4 is 0 Å². The van der Waals surface area contributed by atoms with Gasteiger partial charge in [-0.15, -0.1) is 0 Å². The summed E-state index contributed by atoms with van der Waals surface area (Å²) >= 11 is 0. The van der Waals surface area contributed by atoms with Crippen LogP contribution >= 0.6 is 0 Å². The molecule has 6 nitrogen and oxygen atoms in total. The van der Waals surface area contributed by atoms with Crippen LogP contribution in [0.15, 0.2) is 76.2 Å². The van der Waals surface area contributed by atoms with E-state index in [9.17, 15) is 8.42 Å². The highest BCUT2D eigenvalue weighted by molar-refractivity contribution is 7.89. The van der Waals surface area contributed by atoms with Crippen LogP contribution in [0.25, 0.3) is 11.3 Å². The first-order chi connectivity index (χ1) is 13.1. The molecule has 7 heteroatoms. The molecule has 140 valence electrons. The number of hydrogen-bond donors (Lipinski definition) is 0. The smallest absolute Gasteiger partial charge is 0.243 e. The minimum Gasteiger partial charge on any atom is -0.439 e. The van der Waals surface area contributed by atoms with E-state index in [-0.39, 0.29) is 0 Å². The Labute approximate surface area is 159 Å². The largest absolute Gasteiger partial charge is 0.439 e. The molecule has 0 bridgehead atoms. The molecule has 0 amide bonds. The van der Waals surface area contributed by atoms with Gasteiger partial charge in [0.05, 0.1) is 17.6 Å². The Hall–Kier alpha value is -2.48. The lowest BCUT2D eigenvalue weighted by Crippen LogP contribution is -2.48. The Morgan fingerprint density at radius 3 is 2.19 bits per heavy atom. The minimum atomic E-state index is -3.42. The minimum absolute atomic E-state index is 0.346. The summed E-state index contributed by atoms with van der Waals surface area (Å²) in [7, 11) is -3.42. The maximum atomic E-state index is 12.7. The van der Waals surface area contributed by atoms with Gasteiger partial charge >= 0.3 is 0 Å². The van der Waals surface area contributed by atoms with Crippen molar-refractivity contribution in [3.63, 3.8) is 0 Å². The molecule has 1 fully saturated rings. The molecule has 0 spiro atoms. The maximum Gasteiger partial charge on any atom is 0.243 e. The number of rotatable bonds is 5. The molecule has 0 N–H and O–H groups in total. The fraction of sp³-hybridized carbons (Fsp3) is 0.250. The van der Waals surface area contributed by atoms with Crippen LogP contribution in [0.1, 0.15) is 5.89 Å². The summed E-state index contributed by atoms with van der Waals surface area (Å²) in [6.45, 7) is 2.79. The third-order valence-corrected chi connectivity index (χ3v) is 6.60. The molecule has 0 radical (unpaired) electrons. The van der Waals surface area contributed by atoms with E-state index in [1.807, 2.05) is 36.4 Å². The van der Waals surface area contributed by atoms with Crippen LogP contribution in [0, 0.1) is 0 Å². The highest BCUT2D eigenvalue weighted by atomic mass is 32.2. The van der Waals surface area contributed by atoms with Gasteiger partial charge in [0.1, 0.15) is 0 Å². The zero-order valence-corrected chi connectivity index (χ0v) is 15.7. The van der Waals surface area contributed by atoms with Gasteiger partial charge in [0, 0.05) is 31.7 Å². The van der Waals surface area contributed by atoms with Gasteiger partial charge in [-0.2, -0.15) is 4.31 Å². The number of piperazine rings is 1. The Kier molecular flexibility index (Phi) is 5.07. The van der Waals surface area contributed by atoms with Crippen molar-refractivity contribution in [2.45, 2.75) is 11.4 Å². The van der Waals surface area contributed by atoms with Crippen LogP contribution in [-0.4, -0.2) is 48.8 Å². The normalized spacial score (nSPS) is 16.4. The molecule has 1 aliphatic rings. The predicted molar refractivity (Wildman–Crippen MR) is 102 cm³/mol. The van der Waals surface area contributed by atoms with Crippen molar-refractivity contribution in [3.8, 4) is 11.3 Å². The first-order valence-electron chi connectivity index (χ1n) is 8.90. The van der Waals surface area contributed by atoms with E-state index < -0.39 is 10.0 Å². The highest BCUT2D eigenvalue weighted by Crippen LogP contribution is 2.22. The third-order valence-electron chi connectivity index (χ3n) is 4.68. The number of sulfonamides is 1. The van der Waals surface area contributed by atoms with E-state index >= 15 is 0 Å². The van der Waals surface area contributed by atoms with Crippen LogP contribution in [0.4, 0.5) is 0 Å². The molecule has 1 aromatic heterocycles. The first-order valence-corrected chi connectivity index (χ1v) is 10.3. The first kappa shape index (κ1) is 17.9. The molecule has 27 heavy (non-hydrogen) atoms. The number of benzene rings is 2. The van der Waals surface area contributed by atoms with E-state index in [4.69, 9.17) is 4.42 Å². The van der Waals surface area contributed by atoms with Crippen LogP contribution in [0.2, 0.25) is 0 Å². The van der Waals surface area contributed by atoms with Crippen LogP contribution in [0.5, 0.6) is 0 Å². The van der Waals surface area contributed by atoms with Gasteiger partial charge in [-0.1, -0.05) is 48.5 Å². The molecule has 2 aromatic carbocycles.